The molecular weight excluding hydrogens is 277 g/mol. The molecule has 3 nitrogen and oxygen atoms in total. The highest BCUT2D eigenvalue weighted by molar-refractivity contribution is 7.13. The number of rotatable bonds is 4. The van der Waals surface area contributed by atoms with Gasteiger partial charge in [-0.3, -0.25) is 4.79 Å². The molecule has 1 aromatic carbocycles. The number of hydrogen-bond donors (Lipinski definition) is 1. The Morgan fingerprint density at radius 2 is 2.28 bits per heavy atom. The molecule has 0 saturated carbocycles. The maximum Gasteiger partial charge on any atom is 0.303 e. The highest BCUT2D eigenvalue weighted by atomic mass is 35.5. The molecule has 0 fully saturated rings. The SMILES string of the molecule is O=C(O)CCc1csc(-c2ccc(Cl)c(F)c2)n1. The van der Waals surface area contributed by atoms with Gasteiger partial charge in [0.25, 0.3) is 0 Å². The first-order valence-corrected chi connectivity index (χ1v) is 6.43. The minimum atomic E-state index is -0.859. The fourth-order valence-corrected chi connectivity index (χ4v) is 2.39. The highest BCUT2D eigenvalue weighted by Gasteiger charge is 2.08. The van der Waals surface area contributed by atoms with Crippen LogP contribution in [0.25, 0.3) is 10.6 Å². The maximum absolute atomic E-state index is 13.3. The van der Waals surface area contributed by atoms with Crippen molar-refractivity contribution in [2.45, 2.75) is 12.8 Å². The van der Waals surface area contributed by atoms with Crippen LogP contribution in [0.2, 0.25) is 5.02 Å². The van der Waals surface area contributed by atoms with E-state index in [4.69, 9.17) is 16.7 Å². The summed E-state index contributed by atoms with van der Waals surface area (Å²) in [6.07, 6.45) is 0.417. The Hall–Kier alpha value is -1.46. The Kier molecular flexibility index (Phi) is 3.93. The van der Waals surface area contributed by atoms with Crippen LogP contribution in [0.4, 0.5) is 4.39 Å². The summed E-state index contributed by atoms with van der Waals surface area (Å²) in [5.41, 5.74) is 1.34. The van der Waals surface area contributed by atoms with Crippen molar-refractivity contribution in [2.75, 3.05) is 0 Å². The zero-order valence-corrected chi connectivity index (χ0v) is 10.8. The van der Waals surface area contributed by atoms with Crippen molar-refractivity contribution < 1.29 is 14.3 Å². The van der Waals surface area contributed by atoms with E-state index in [-0.39, 0.29) is 11.4 Å². The van der Waals surface area contributed by atoms with Crippen LogP contribution in [0.5, 0.6) is 0 Å². The molecule has 1 heterocycles. The Labute approximate surface area is 112 Å². The van der Waals surface area contributed by atoms with Gasteiger partial charge in [-0.25, -0.2) is 9.37 Å². The van der Waals surface area contributed by atoms with Gasteiger partial charge in [0.1, 0.15) is 10.8 Å². The third-order valence-electron chi connectivity index (χ3n) is 2.31. The smallest absolute Gasteiger partial charge is 0.303 e. The van der Waals surface area contributed by atoms with Crippen molar-refractivity contribution in [1.82, 2.24) is 4.98 Å². The van der Waals surface area contributed by atoms with Crippen LogP contribution in [0, 0.1) is 5.82 Å². The van der Waals surface area contributed by atoms with Gasteiger partial charge in [0.05, 0.1) is 17.1 Å². The summed E-state index contributed by atoms with van der Waals surface area (Å²) in [5, 5.41) is 11.1. The average Bonchev–Trinajstić information content (AvgIpc) is 2.79. The molecule has 0 aliphatic carbocycles. The summed E-state index contributed by atoms with van der Waals surface area (Å²) in [6.45, 7) is 0. The minimum Gasteiger partial charge on any atom is -0.481 e. The third kappa shape index (κ3) is 3.05. The fourth-order valence-electron chi connectivity index (χ4n) is 1.42. The van der Waals surface area contributed by atoms with E-state index >= 15 is 0 Å². The normalized spacial score (nSPS) is 10.6. The number of nitrogens with zero attached hydrogens (tertiary/aromatic N) is 1. The van der Waals surface area contributed by atoms with Gasteiger partial charge in [0.2, 0.25) is 0 Å². The summed E-state index contributed by atoms with van der Waals surface area (Å²) < 4.78 is 13.3. The lowest BCUT2D eigenvalue weighted by Gasteiger charge is -1.98. The number of aromatic nitrogens is 1. The van der Waals surface area contributed by atoms with Crippen LogP contribution < -0.4 is 0 Å². The predicted molar refractivity (Wildman–Crippen MR) is 68.5 cm³/mol. The van der Waals surface area contributed by atoms with E-state index in [1.807, 2.05) is 0 Å². The number of halogens is 2. The molecule has 2 rings (SSSR count). The summed E-state index contributed by atoms with van der Waals surface area (Å²) >= 11 is 6.96. The number of aliphatic carboxylic acids is 1. The van der Waals surface area contributed by atoms with Gasteiger partial charge < -0.3 is 5.11 Å². The minimum absolute atomic E-state index is 0.0398. The van der Waals surface area contributed by atoms with Crippen LogP contribution >= 0.6 is 22.9 Å². The lowest BCUT2D eigenvalue weighted by atomic mass is 10.2. The number of benzene rings is 1. The van der Waals surface area contributed by atoms with Gasteiger partial charge in [-0.05, 0) is 12.1 Å². The van der Waals surface area contributed by atoms with Crippen LogP contribution in [-0.4, -0.2) is 16.1 Å². The van der Waals surface area contributed by atoms with E-state index in [1.54, 1.807) is 11.4 Å². The number of thiazole rings is 1. The Morgan fingerprint density at radius 1 is 1.50 bits per heavy atom. The summed E-state index contributed by atoms with van der Waals surface area (Å²) in [4.78, 5) is 14.7. The Balaban J connectivity index is 2.18. The van der Waals surface area contributed by atoms with Crippen LogP contribution in [0.3, 0.4) is 0 Å². The van der Waals surface area contributed by atoms with Crippen molar-refractivity contribution in [3.05, 3.63) is 40.1 Å². The number of hydrogen-bond acceptors (Lipinski definition) is 3. The van der Waals surface area contributed by atoms with Gasteiger partial charge in [0, 0.05) is 17.4 Å². The largest absolute Gasteiger partial charge is 0.481 e. The second-order valence-corrected chi connectivity index (χ2v) is 4.93. The molecule has 0 spiro atoms. The molecule has 6 heteroatoms. The summed E-state index contributed by atoms with van der Waals surface area (Å²) in [5.74, 6) is -1.35. The number of aryl methyl sites for hydroxylation is 1. The molecule has 0 atom stereocenters. The number of carboxylic acid groups (broad SMARTS) is 1. The van der Waals surface area contributed by atoms with E-state index in [0.29, 0.717) is 22.7 Å². The molecule has 0 amide bonds. The molecule has 0 aliphatic rings. The molecule has 0 bridgehead atoms. The van der Waals surface area contributed by atoms with Crippen molar-refractivity contribution in [1.29, 1.82) is 0 Å². The second kappa shape index (κ2) is 5.46. The second-order valence-electron chi connectivity index (χ2n) is 3.67. The van der Waals surface area contributed by atoms with Crippen LogP contribution in [0.15, 0.2) is 23.6 Å². The van der Waals surface area contributed by atoms with Crippen LogP contribution in [-0.2, 0) is 11.2 Å². The predicted octanol–water partition coefficient (Wildman–Crippen LogP) is 3.62. The molecule has 1 N–H and O–H groups in total. The first kappa shape index (κ1) is 13.0. The molecule has 18 heavy (non-hydrogen) atoms. The van der Waals surface area contributed by atoms with Crippen molar-refractivity contribution in [3.8, 4) is 10.6 Å². The van der Waals surface area contributed by atoms with E-state index in [2.05, 4.69) is 4.98 Å². The molecule has 0 radical (unpaired) electrons. The van der Waals surface area contributed by atoms with E-state index in [0.717, 1.165) is 0 Å². The average molecular weight is 286 g/mol. The monoisotopic (exact) mass is 285 g/mol. The zero-order valence-electron chi connectivity index (χ0n) is 9.19. The Bertz CT molecular complexity index is 585. The van der Waals surface area contributed by atoms with Crippen molar-refractivity contribution in [2.24, 2.45) is 0 Å². The summed E-state index contributed by atoms with van der Waals surface area (Å²) in [6, 6.07) is 4.48. The van der Waals surface area contributed by atoms with Crippen molar-refractivity contribution >= 4 is 28.9 Å². The van der Waals surface area contributed by atoms with Gasteiger partial charge in [-0.1, -0.05) is 17.7 Å². The van der Waals surface area contributed by atoms with Crippen molar-refractivity contribution in [3.63, 3.8) is 0 Å². The fraction of sp³-hybridized carbons (Fsp3) is 0.167. The molecule has 0 unspecified atom stereocenters. The number of carbonyl (C=O) groups is 1. The van der Waals surface area contributed by atoms with Gasteiger partial charge in [-0.2, -0.15) is 0 Å². The highest BCUT2D eigenvalue weighted by Crippen LogP contribution is 2.27. The van der Waals surface area contributed by atoms with E-state index in [9.17, 15) is 9.18 Å². The third-order valence-corrected chi connectivity index (χ3v) is 3.56. The first-order chi connectivity index (χ1) is 8.56. The zero-order chi connectivity index (χ0) is 13.1. The van der Waals surface area contributed by atoms with Gasteiger partial charge in [-0.15, -0.1) is 11.3 Å². The molecule has 94 valence electrons. The summed E-state index contributed by atoms with van der Waals surface area (Å²) in [7, 11) is 0. The maximum atomic E-state index is 13.3. The lowest BCUT2D eigenvalue weighted by molar-refractivity contribution is -0.136. The molecule has 1 aromatic heterocycles. The molecule has 0 aliphatic heterocycles. The molecule has 2 aromatic rings. The van der Waals surface area contributed by atoms with Gasteiger partial charge in [0.15, 0.2) is 0 Å². The number of carboxylic acids is 1. The topological polar surface area (TPSA) is 50.2 Å². The van der Waals surface area contributed by atoms with E-state index in [1.165, 1.54) is 23.5 Å². The van der Waals surface area contributed by atoms with Crippen LogP contribution in [0.1, 0.15) is 12.1 Å². The standard InChI is InChI=1S/C12H9ClFNO2S/c13-9-3-1-7(5-10(9)14)12-15-8(6-18-12)2-4-11(16)17/h1,3,5-6H,2,4H2,(H,16,17). The van der Waals surface area contributed by atoms with E-state index < -0.39 is 11.8 Å². The lowest BCUT2D eigenvalue weighted by Crippen LogP contribution is -1.97. The van der Waals surface area contributed by atoms with Gasteiger partial charge >= 0.3 is 5.97 Å². The molecule has 0 saturated heterocycles. The quantitative estimate of drug-likeness (QED) is 0.933. The first-order valence-electron chi connectivity index (χ1n) is 5.18. The Morgan fingerprint density at radius 3 is 2.94 bits per heavy atom. The molecular formula is C12H9ClFNO2S.